The average Bonchev–Trinajstić information content (AvgIpc) is 2.34. The topological polar surface area (TPSA) is 87.0 Å². The van der Waals surface area contributed by atoms with Gasteiger partial charge in [0.15, 0.2) is 0 Å². The Hall–Kier alpha value is -0.870. The summed E-state index contributed by atoms with van der Waals surface area (Å²) in [5, 5.41) is 8.63. The summed E-state index contributed by atoms with van der Waals surface area (Å²) in [6, 6.07) is 8.71. The minimum absolute atomic E-state index is 0.161. The molecule has 0 unspecified atom stereocenters. The fourth-order valence-electron chi connectivity index (χ4n) is 1.32. The van der Waals surface area contributed by atoms with Crippen LogP contribution >= 0.6 is 7.82 Å². The van der Waals surface area contributed by atoms with Crippen LogP contribution in [0, 0.1) is 0 Å². The van der Waals surface area contributed by atoms with Crippen molar-refractivity contribution in [2.45, 2.75) is 39.0 Å². The monoisotopic (exact) mass is 290 g/mol. The first-order valence-corrected chi connectivity index (χ1v) is 7.93. The summed E-state index contributed by atoms with van der Waals surface area (Å²) in [6.45, 7) is 2.28. The molecule has 0 amide bonds. The van der Waals surface area contributed by atoms with Crippen molar-refractivity contribution in [3.63, 3.8) is 0 Å². The molecule has 110 valence electrons. The number of phosphoric acid groups is 1. The number of benzene rings is 1. The Morgan fingerprint density at radius 2 is 1.63 bits per heavy atom. The van der Waals surface area contributed by atoms with Crippen LogP contribution in [-0.4, -0.2) is 21.5 Å². The van der Waals surface area contributed by atoms with E-state index in [-0.39, 0.29) is 6.61 Å². The van der Waals surface area contributed by atoms with E-state index in [1.807, 2.05) is 6.07 Å². The Morgan fingerprint density at radius 3 is 2.05 bits per heavy atom. The molecule has 0 aliphatic carbocycles. The van der Waals surface area contributed by atoms with Crippen LogP contribution in [0.15, 0.2) is 30.3 Å². The molecule has 5 nitrogen and oxygen atoms in total. The van der Waals surface area contributed by atoms with Crippen molar-refractivity contribution < 1.29 is 24.0 Å². The van der Waals surface area contributed by atoms with E-state index in [2.05, 4.69) is 11.4 Å². The highest BCUT2D eigenvalue weighted by molar-refractivity contribution is 7.46. The number of phosphoric ester groups is 1. The Bertz CT molecular complexity index is 349. The summed E-state index contributed by atoms with van der Waals surface area (Å²) in [4.78, 5) is 16.6. The third-order valence-corrected chi connectivity index (χ3v) is 2.78. The normalized spacial score (nSPS) is 10.7. The molecule has 0 atom stereocenters. The highest BCUT2D eigenvalue weighted by Crippen LogP contribution is 2.35. The van der Waals surface area contributed by atoms with Gasteiger partial charge in [0.1, 0.15) is 5.75 Å². The third kappa shape index (κ3) is 15.1. The molecular formula is C13H23O5P. The molecule has 1 aromatic carbocycles. The molecule has 0 saturated carbocycles. The average molecular weight is 290 g/mol. The van der Waals surface area contributed by atoms with Crippen LogP contribution in [0.1, 0.15) is 39.0 Å². The van der Waals surface area contributed by atoms with Gasteiger partial charge < -0.3 is 14.9 Å². The van der Waals surface area contributed by atoms with Crippen molar-refractivity contribution in [3.8, 4) is 5.75 Å². The predicted octanol–water partition coefficient (Wildman–Crippen LogP) is 3.46. The van der Waals surface area contributed by atoms with Crippen LogP contribution in [0.3, 0.4) is 0 Å². The second-order valence-electron chi connectivity index (χ2n) is 4.07. The Labute approximate surface area is 114 Å². The molecule has 0 radical (unpaired) electrons. The minimum Gasteiger partial charge on any atom is -0.508 e. The zero-order chi connectivity index (χ0) is 14.6. The molecule has 0 fully saturated rings. The van der Waals surface area contributed by atoms with Crippen LogP contribution in [0.2, 0.25) is 0 Å². The maximum absolute atomic E-state index is 10.2. The molecule has 0 bridgehead atoms. The van der Waals surface area contributed by atoms with Crippen molar-refractivity contribution >= 4 is 7.82 Å². The summed E-state index contributed by atoms with van der Waals surface area (Å²) in [7, 11) is -4.22. The largest absolute Gasteiger partial charge is 0.508 e. The Morgan fingerprint density at radius 1 is 1.05 bits per heavy atom. The molecule has 19 heavy (non-hydrogen) atoms. The van der Waals surface area contributed by atoms with Gasteiger partial charge in [-0.3, -0.25) is 4.52 Å². The number of hydrogen-bond acceptors (Lipinski definition) is 3. The zero-order valence-corrected chi connectivity index (χ0v) is 12.1. The number of phenolic OH excluding ortho intramolecular Hbond substituents is 1. The molecule has 0 aliphatic heterocycles. The second kappa shape index (κ2) is 11.0. The molecular weight excluding hydrogens is 267 g/mol. The van der Waals surface area contributed by atoms with E-state index < -0.39 is 7.82 Å². The van der Waals surface area contributed by atoms with E-state index in [0.717, 1.165) is 19.3 Å². The van der Waals surface area contributed by atoms with Gasteiger partial charge in [0, 0.05) is 0 Å². The minimum atomic E-state index is -4.22. The Kier molecular flexibility index (Phi) is 10.5. The SMILES string of the molecule is CCCCCCCOP(=O)(O)O.Oc1ccccc1. The number of hydrogen-bond donors (Lipinski definition) is 3. The summed E-state index contributed by atoms with van der Waals surface area (Å²) in [5.74, 6) is 0.322. The van der Waals surface area contributed by atoms with Crippen LogP contribution in [-0.2, 0) is 9.09 Å². The lowest BCUT2D eigenvalue weighted by atomic mass is 10.2. The van der Waals surface area contributed by atoms with Gasteiger partial charge in [-0.05, 0) is 18.6 Å². The predicted molar refractivity (Wildman–Crippen MR) is 74.9 cm³/mol. The summed E-state index contributed by atoms with van der Waals surface area (Å²) in [6.07, 6.45) is 5.16. The van der Waals surface area contributed by atoms with Crippen molar-refractivity contribution in [3.05, 3.63) is 30.3 Å². The molecule has 3 N–H and O–H groups in total. The Balaban J connectivity index is 0.000000388. The van der Waals surface area contributed by atoms with Crippen LogP contribution in [0.25, 0.3) is 0 Å². The first-order valence-electron chi connectivity index (χ1n) is 6.40. The molecule has 0 aliphatic rings. The third-order valence-electron chi connectivity index (χ3n) is 2.26. The highest BCUT2D eigenvalue weighted by atomic mass is 31.2. The van der Waals surface area contributed by atoms with Crippen LogP contribution < -0.4 is 0 Å². The highest BCUT2D eigenvalue weighted by Gasteiger charge is 2.11. The smallest absolute Gasteiger partial charge is 0.469 e. The fourth-order valence-corrected chi connectivity index (χ4v) is 1.68. The summed E-state index contributed by atoms with van der Waals surface area (Å²) >= 11 is 0. The first-order chi connectivity index (χ1) is 8.95. The zero-order valence-electron chi connectivity index (χ0n) is 11.2. The van der Waals surface area contributed by atoms with Crippen molar-refractivity contribution in [2.24, 2.45) is 0 Å². The number of para-hydroxylation sites is 1. The summed E-state index contributed by atoms with van der Waals surface area (Å²) < 4.78 is 14.5. The lowest BCUT2D eigenvalue weighted by Gasteiger charge is -2.03. The number of phenols is 1. The molecule has 0 heterocycles. The van der Waals surface area contributed by atoms with Gasteiger partial charge in [-0.2, -0.15) is 0 Å². The standard InChI is InChI=1S/C7H17O4P.C6H6O/c1-2-3-4-5-6-7-11-12(8,9)10;7-6-4-2-1-3-5-6/h2-7H2,1H3,(H2,8,9,10);1-5,7H. The molecule has 6 heteroatoms. The first kappa shape index (κ1) is 18.1. The lowest BCUT2D eigenvalue weighted by Crippen LogP contribution is -1.91. The van der Waals surface area contributed by atoms with E-state index in [1.165, 1.54) is 12.8 Å². The number of unbranched alkanes of at least 4 members (excludes halogenated alkanes) is 4. The van der Waals surface area contributed by atoms with Crippen LogP contribution in [0.4, 0.5) is 0 Å². The molecule has 0 saturated heterocycles. The van der Waals surface area contributed by atoms with Crippen molar-refractivity contribution in [1.82, 2.24) is 0 Å². The quantitative estimate of drug-likeness (QED) is 0.529. The summed E-state index contributed by atoms with van der Waals surface area (Å²) in [5.41, 5.74) is 0. The molecule has 0 aromatic heterocycles. The van der Waals surface area contributed by atoms with Gasteiger partial charge >= 0.3 is 7.82 Å². The van der Waals surface area contributed by atoms with E-state index in [1.54, 1.807) is 24.3 Å². The van der Waals surface area contributed by atoms with E-state index >= 15 is 0 Å². The lowest BCUT2D eigenvalue weighted by molar-refractivity contribution is 0.193. The van der Waals surface area contributed by atoms with Crippen LogP contribution in [0.5, 0.6) is 5.75 Å². The number of aromatic hydroxyl groups is 1. The maximum atomic E-state index is 10.2. The van der Waals surface area contributed by atoms with Crippen molar-refractivity contribution in [1.29, 1.82) is 0 Å². The van der Waals surface area contributed by atoms with Gasteiger partial charge in [0.2, 0.25) is 0 Å². The second-order valence-corrected chi connectivity index (χ2v) is 5.31. The fraction of sp³-hybridized carbons (Fsp3) is 0.538. The van der Waals surface area contributed by atoms with Gasteiger partial charge in [-0.15, -0.1) is 0 Å². The molecule has 0 spiro atoms. The maximum Gasteiger partial charge on any atom is 0.469 e. The van der Waals surface area contributed by atoms with E-state index in [4.69, 9.17) is 14.9 Å². The molecule has 1 aromatic rings. The number of rotatable bonds is 7. The van der Waals surface area contributed by atoms with Crippen molar-refractivity contribution in [2.75, 3.05) is 6.61 Å². The van der Waals surface area contributed by atoms with Gasteiger partial charge in [-0.1, -0.05) is 50.8 Å². The van der Waals surface area contributed by atoms with Gasteiger partial charge in [0.05, 0.1) is 6.61 Å². The van der Waals surface area contributed by atoms with E-state index in [9.17, 15) is 4.57 Å². The van der Waals surface area contributed by atoms with Gasteiger partial charge in [0.25, 0.3) is 0 Å². The van der Waals surface area contributed by atoms with Gasteiger partial charge in [-0.25, -0.2) is 4.57 Å². The van der Waals surface area contributed by atoms with E-state index in [0.29, 0.717) is 5.75 Å². The molecule has 1 rings (SSSR count).